The number of esters is 1. The normalized spacial score (nSPS) is 15.2. The number of carbonyl (C=O) groups is 1. The number of ether oxygens (including phenoxy) is 1. The molecule has 1 N–H and O–H groups in total. The Morgan fingerprint density at radius 2 is 1.69 bits per heavy atom. The SMILES string of the molecule is COC(=O)c1ccc(CS(=O)(=O)NCc2cccc(CN3CCCCC3)c2)cc1. The van der Waals surface area contributed by atoms with Gasteiger partial charge < -0.3 is 4.74 Å². The Hall–Kier alpha value is -2.22. The van der Waals surface area contributed by atoms with Crippen LogP contribution >= 0.6 is 0 Å². The van der Waals surface area contributed by atoms with Crippen LogP contribution < -0.4 is 4.72 Å². The van der Waals surface area contributed by atoms with Gasteiger partial charge in [0, 0.05) is 13.1 Å². The Morgan fingerprint density at radius 1 is 1.00 bits per heavy atom. The van der Waals surface area contributed by atoms with E-state index in [1.54, 1.807) is 24.3 Å². The van der Waals surface area contributed by atoms with E-state index in [1.165, 1.54) is 31.9 Å². The molecule has 2 aromatic rings. The second-order valence-corrected chi connectivity index (χ2v) is 9.23. The van der Waals surface area contributed by atoms with Crippen molar-refractivity contribution in [1.82, 2.24) is 9.62 Å². The number of carbonyl (C=O) groups excluding carboxylic acids is 1. The summed E-state index contributed by atoms with van der Waals surface area (Å²) in [6.45, 7) is 3.43. The molecule has 0 unspecified atom stereocenters. The average molecular weight is 417 g/mol. The van der Waals surface area contributed by atoms with Crippen molar-refractivity contribution in [1.29, 1.82) is 0 Å². The number of likely N-dealkylation sites (tertiary alicyclic amines) is 1. The molecule has 3 rings (SSSR count). The molecule has 1 heterocycles. The Morgan fingerprint density at radius 3 is 2.38 bits per heavy atom. The van der Waals surface area contributed by atoms with E-state index >= 15 is 0 Å². The van der Waals surface area contributed by atoms with Gasteiger partial charge in [0.15, 0.2) is 0 Å². The molecule has 0 saturated carbocycles. The monoisotopic (exact) mass is 416 g/mol. The van der Waals surface area contributed by atoms with Gasteiger partial charge in [-0.2, -0.15) is 0 Å². The summed E-state index contributed by atoms with van der Waals surface area (Å²) < 4.78 is 32.2. The lowest BCUT2D eigenvalue weighted by molar-refractivity contribution is 0.0600. The number of methoxy groups -OCH3 is 1. The second kappa shape index (κ2) is 10.0. The van der Waals surface area contributed by atoms with Crippen LogP contribution in [0.25, 0.3) is 0 Å². The largest absolute Gasteiger partial charge is 0.465 e. The molecule has 29 heavy (non-hydrogen) atoms. The van der Waals surface area contributed by atoms with Crippen LogP contribution in [0.2, 0.25) is 0 Å². The number of nitrogens with one attached hydrogen (secondary N) is 1. The molecule has 2 aromatic carbocycles. The minimum atomic E-state index is -3.49. The van der Waals surface area contributed by atoms with Gasteiger partial charge in [-0.1, -0.05) is 42.8 Å². The van der Waals surface area contributed by atoms with Crippen molar-refractivity contribution >= 4 is 16.0 Å². The van der Waals surface area contributed by atoms with Crippen molar-refractivity contribution in [3.05, 3.63) is 70.8 Å². The number of hydrogen-bond donors (Lipinski definition) is 1. The van der Waals surface area contributed by atoms with Gasteiger partial charge in [-0.15, -0.1) is 0 Å². The molecular weight excluding hydrogens is 388 g/mol. The van der Waals surface area contributed by atoms with E-state index in [4.69, 9.17) is 0 Å². The van der Waals surface area contributed by atoms with Crippen LogP contribution in [0.5, 0.6) is 0 Å². The standard InChI is InChI=1S/C22H28N2O4S/c1-28-22(25)21-10-8-18(9-11-21)17-29(26,27)23-15-19-6-5-7-20(14-19)16-24-12-3-2-4-13-24/h5-11,14,23H,2-4,12-13,15-17H2,1H3. The number of benzene rings is 2. The fourth-order valence-corrected chi connectivity index (χ4v) is 4.65. The van der Waals surface area contributed by atoms with Gasteiger partial charge in [0.1, 0.15) is 0 Å². The number of sulfonamides is 1. The molecule has 0 bridgehead atoms. The third-order valence-electron chi connectivity index (χ3n) is 5.07. The molecule has 0 atom stereocenters. The Kier molecular flexibility index (Phi) is 7.41. The highest BCUT2D eigenvalue weighted by atomic mass is 32.2. The third kappa shape index (κ3) is 6.66. The van der Waals surface area contributed by atoms with Gasteiger partial charge in [0.05, 0.1) is 18.4 Å². The number of hydrogen-bond acceptors (Lipinski definition) is 5. The highest BCUT2D eigenvalue weighted by molar-refractivity contribution is 7.88. The molecule has 0 amide bonds. The summed E-state index contributed by atoms with van der Waals surface area (Å²) in [5.41, 5.74) is 3.17. The average Bonchev–Trinajstić information content (AvgIpc) is 2.73. The quantitative estimate of drug-likeness (QED) is 0.670. The van der Waals surface area contributed by atoms with Gasteiger partial charge >= 0.3 is 5.97 Å². The number of rotatable bonds is 8. The van der Waals surface area contributed by atoms with E-state index in [-0.39, 0.29) is 12.3 Å². The van der Waals surface area contributed by atoms with E-state index < -0.39 is 16.0 Å². The fourth-order valence-electron chi connectivity index (χ4n) is 3.53. The number of piperidine rings is 1. The summed E-state index contributed by atoms with van der Waals surface area (Å²) in [6, 6.07) is 14.5. The maximum Gasteiger partial charge on any atom is 0.337 e. The highest BCUT2D eigenvalue weighted by Gasteiger charge is 2.14. The third-order valence-corrected chi connectivity index (χ3v) is 6.37. The van der Waals surface area contributed by atoms with Crippen LogP contribution in [-0.4, -0.2) is 39.5 Å². The molecule has 0 aliphatic carbocycles. The molecule has 0 spiro atoms. The molecule has 7 heteroatoms. The van der Waals surface area contributed by atoms with Crippen molar-refractivity contribution in [2.24, 2.45) is 0 Å². The Balaban J connectivity index is 1.55. The lowest BCUT2D eigenvalue weighted by Gasteiger charge is -2.26. The zero-order valence-corrected chi connectivity index (χ0v) is 17.6. The summed E-state index contributed by atoms with van der Waals surface area (Å²) in [5.74, 6) is -0.580. The van der Waals surface area contributed by atoms with E-state index in [0.29, 0.717) is 11.1 Å². The van der Waals surface area contributed by atoms with Crippen LogP contribution in [-0.2, 0) is 33.6 Å². The van der Waals surface area contributed by atoms with E-state index in [9.17, 15) is 13.2 Å². The Labute approximate surface area is 172 Å². The lowest BCUT2D eigenvalue weighted by Crippen LogP contribution is -2.29. The van der Waals surface area contributed by atoms with Crippen LogP contribution in [0.1, 0.15) is 46.3 Å². The first-order chi connectivity index (χ1) is 13.9. The molecular formula is C22H28N2O4S. The van der Waals surface area contributed by atoms with Gasteiger partial charge in [0.2, 0.25) is 10.0 Å². The highest BCUT2D eigenvalue weighted by Crippen LogP contribution is 2.15. The molecule has 1 fully saturated rings. The molecule has 1 aliphatic rings. The van der Waals surface area contributed by atoms with Crippen molar-refractivity contribution in [2.45, 2.75) is 38.1 Å². The van der Waals surface area contributed by atoms with Crippen molar-refractivity contribution in [3.63, 3.8) is 0 Å². The molecule has 0 aromatic heterocycles. The topological polar surface area (TPSA) is 75.7 Å². The molecule has 156 valence electrons. The Bertz CT molecular complexity index is 920. The first kappa shape index (κ1) is 21.5. The van der Waals surface area contributed by atoms with Crippen LogP contribution in [0, 0.1) is 0 Å². The molecule has 6 nitrogen and oxygen atoms in total. The summed E-state index contributed by atoms with van der Waals surface area (Å²) in [4.78, 5) is 13.9. The number of nitrogens with zero attached hydrogens (tertiary/aromatic N) is 1. The van der Waals surface area contributed by atoms with Crippen LogP contribution in [0.4, 0.5) is 0 Å². The summed E-state index contributed by atoms with van der Waals surface area (Å²) in [7, 11) is -2.18. The summed E-state index contributed by atoms with van der Waals surface area (Å²) in [6.07, 6.45) is 3.81. The predicted molar refractivity (Wildman–Crippen MR) is 113 cm³/mol. The first-order valence-electron chi connectivity index (χ1n) is 9.90. The van der Waals surface area contributed by atoms with Crippen LogP contribution in [0.3, 0.4) is 0 Å². The van der Waals surface area contributed by atoms with E-state index in [0.717, 1.165) is 25.2 Å². The maximum atomic E-state index is 12.4. The van der Waals surface area contributed by atoms with Gasteiger partial charge in [-0.25, -0.2) is 17.9 Å². The van der Waals surface area contributed by atoms with Gasteiger partial charge in [-0.3, -0.25) is 4.90 Å². The van der Waals surface area contributed by atoms with Crippen molar-refractivity contribution in [2.75, 3.05) is 20.2 Å². The fraction of sp³-hybridized carbons (Fsp3) is 0.409. The molecule has 1 saturated heterocycles. The second-order valence-electron chi connectivity index (χ2n) is 7.43. The minimum Gasteiger partial charge on any atom is -0.465 e. The predicted octanol–water partition coefficient (Wildman–Crippen LogP) is 3.08. The van der Waals surface area contributed by atoms with Crippen molar-refractivity contribution < 1.29 is 17.9 Å². The zero-order valence-electron chi connectivity index (χ0n) is 16.8. The van der Waals surface area contributed by atoms with Crippen LogP contribution in [0.15, 0.2) is 48.5 Å². The molecule has 1 aliphatic heterocycles. The maximum absolute atomic E-state index is 12.4. The van der Waals surface area contributed by atoms with E-state index in [2.05, 4.69) is 26.5 Å². The van der Waals surface area contributed by atoms with Gasteiger partial charge in [-0.05, 0) is 54.8 Å². The summed E-state index contributed by atoms with van der Waals surface area (Å²) >= 11 is 0. The van der Waals surface area contributed by atoms with E-state index in [1.807, 2.05) is 12.1 Å². The smallest absolute Gasteiger partial charge is 0.337 e. The zero-order chi connectivity index (χ0) is 20.7. The summed E-state index contributed by atoms with van der Waals surface area (Å²) in [5, 5.41) is 0. The minimum absolute atomic E-state index is 0.137. The first-order valence-corrected chi connectivity index (χ1v) is 11.6. The van der Waals surface area contributed by atoms with Gasteiger partial charge in [0.25, 0.3) is 0 Å². The lowest BCUT2D eigenvalue weighted by atomic mass is 10.1. The molecule has 0 radical (unpaired) electrons. The van der Waals surface area contributed by atoms with Crippen molar-refractivity contribution in [3.8, 4) is 0 Å².